The zero-order valence-corrected chi connectivity index (χ0v) is 25.1. The maximum Gasteiger partial charge on any atom is 0.417 e. The first-order valence-corrected chi connectivity index (χ1v) is 14.4. The van der Waals surface area contributed by atoms with E-state index < -0.39 is 34.6 Å². The van der Waals surface area contributed by atoms with E-state index in [4.69, 9.17) is 4.74 Å². The number of rotatable bonds is 5. The van der Waals surface area contributed by atoms with Gasteiger partial charge in [0.15, 0.2) is 0 Å². The molecule has 3 aromatic rings. The summed E-state index contributed by atoms with van der Waals surface area (Å²) in [5, 5.41) is 2.57. The Morgan fingerprint density at radius 2 is 1.68 bits per heavy atom. The van der Waals surface area contributed by atoms with E-state index in [0.717, 1.165) is 6.20 Å². The quantitative estimate of drug-likeness (QED) is 0.407. The van der Waals surface area contributed by atoms with Crippen LogP contribution in [0.3, 0.4) is 0 Å². The van der Waals surface area contributed by atoms with Crippen LogP contribution in [-0.2, 0) is 10.9 Å². The first-order chi connectivity index (χ1) is 20.7. The van der Waals surface area contributed by atoms with E-state index in [0.29, 0.717) is 43.9 Å². The molecule has 0 radical (unpaired) electrons. The molecule has 1 aromatic carbocycles. The smallest absolute Gasteiger partial charge is 0.372 e. The molecule has 2 aliphatic heterocycles. The fourth-order valence-electron chi connectivity index (χ4n) is 5.80. The van der Waals surface area contributed by atoms with Gasteiger partial charge in [0.1, 0.15) is 5.82 Å². The third-order valence-corrected chi connectivity index (χ3v) is 8.13. The number of halogens is 4. The largest absolute Gasteiger partial charge is 0.417 e. The van der Waals surface area contributed by atoms with Crippen molar-refractivity contribution >= 4 is 23.2 Å². The Hall–Kier alpha value is -4.04. The number of H-pyrrole nitrogens is 1. The van der Waals surface area contributed by atoms with Crippen molar-refractivity contribution in [1.82, 2.24) is 19.9 Å². The van der Waals surface area contributed by atoms with Crippen molar-refractivity contribution in [3.8, 4) is 11.3 Å². The third kappa shape index (κ3) is 6.55. The molecule has 0 spiro atoms. The van der Waals surface area contributed by atoms with E-state index in [2.05, 4.69) is 25.2 Å². The molecule has 1 amide bonds. The Kier molecular flexibility index (Phi) is 8.67. The zero-order chi connectivity index (χ0) is 31.9. The molecule has 4 heterocycles. The van der Waals surface area contributed by atoms with Gasteiger partial charge in [-0.25, -0.2) is 14.4 Å². The van der Waals surface area contributed by atoms with Crippen LogP contribution in [0.25, 0.3) is 11.3 Å². The molecule has 10 nitrogen and oxygen atoms in total. The van der Waals surface area contributed by atoms with Gasteiger partial charge >= 0.3 is 6.18 Å². The minimum absolute atomic E-state index is 0.0368. The summed E-state index contributed by atoms with van der Waals surface area (Å²) in [6.07, 6.45) is -2.84. The number of nitrogens with zero attached hydrogens (tertiary/aromatic N) is 5. The zero-order valence-electron chi connectivity index (χ0n) is 25.1. The van der Waals surface area contributed by atoms with Crippen molar-refractivity contribution < 1.29 is 27.1 Å². The van der Waals surface area contributed by atoms with Crippen LogP contribution in [-0.4, -0.2) is 83.3 Å². The number of hydrogen-bond donors (Lipinski definition) is 2. The minimum atomic E-state index is -4.95. The SMILES string of the molecule is C[C@@H]1CN(c2nccc(-c3cc(NC(=O)c4c[nH]c(=O)cc4C(F)(F)F)c(N4C[C@@H](C)N(C)[C@@H](C)C4)cc3F)n2)C[C@H](C)O1. The van der Waals surface area contributed by atoms with E-state index in [9.17, 15) is 22.8 Å². The average molecular weight is 618 g/mol. The van der Waals surface area contributed by atoms with Gasteiger partial charge in [-0.2, -0.15) is 13.2 Å². The molecule has 2 N–H and O–H groups in total. The van der Waals surface area contributed by atoms with E-state index >= 15 is 4.39 Å². The molecule has 2 aromatic heterocycles. The van der Waals surface area contributed by atoms with Gasteiger partial charge < -0.3 is 24.8 Å². The lowest BCUT2D eigenvalue weighted by Crippen LogP contribution is -2.55. The number of ether oxygens (including phenoxy) is 1. The summed E-state index contributed by atoms with van der Waals surface area (Å²) in [5.41, 5.74) is -2.45. The number of alkyl halides is 3. The fourth-order valence-corrected chi connectivity index (χ4v) is 5.80. The lowest BCUT2D eigenvalue weighted by atomic mass is 10.0. The monoisotopic (exact) mass is 617 g/mol. The highest BCUT2D eigenvalue weighted by Crippen LogP contribution is 2.37. The van der Waals surface area contributed by atoms with Gasteiger partial charge in [-0.15, -0.1) is 0 Å². The fraction of sp³-hybridized carbons (Fsp3) is 0.467. The van der Waals surface area contributed by atoms with E-state index in [-0.39, 0.29) is 41.2 Å². The number of piperazine rings is 1. The summed E-state index contributed by atoms with van der Waals surface area (Å²) in [7, 11) is 1.98. The molecule has 2 saturated heterocycles. The summed E-state index contributed by atoms with van der Waals surface area (Å²) in [4.78, 5) is 42.2. The maximum absolute atomic E-state index is 15.9. The summed E-state index contributed by atoms with van der Waals surface area (Å²) in [6.45, 7) is 9.95. The average Bonchev–Trinajstić information content (AvgIpc) is 2.95. The molecule has 14 heteroatoms. The highest BCUT2D eigenvalue weighted by molar-refractivity contribution is 6.07. The van der Waals surface area contributed by atoms with Crippen molar-refractivity contribution in [2.24, 2.45) is 0 Å². The summed E-state index contributed by atoms with van der Waals surface area (Å²) in [5.74, 6) is -1.35. The van der Waals surface area contributed by atoms with Crippen LogP contribution in [0.4, 0.5) is 34.9 Å². The van der Waals surface area contributed by atoms with Gasteiger partial charge in [-0.1, -0.05) is 0 Å². The number of pyridine rings is 1. The first kappa shape index (κ1) is 31.4. The standard InChI is InChI=1S/C30H35F4N7O3/c1-16-12-40(13-17(2)39(16)5)26-10-23(31)20(24-6-7-35-29(38-24)41-14-18(3)44-19(4)15-41)8-25(26)37-28(43)21-11-36-27(42)9-22(21)30(32,33)34/h6-11,16-19H,12-15H2,1-5H3,(H,36,42)(H,37,43)/t16-,17+,18-,19+. The van der Waals surface area contributed by atoms with Gasteiger partial charge in [0, 0.05) is 62.3 Å². The number of aromatic amines is 1. The van der Waals surface area contributed by atoms with Crippen LogP contribution in [0.5, 0.6) is 0 Å². The van der Waals surface area contributed by atoms with Crippen LogP contribution in [0, 0.1) is 5.82 Å². The molecule has 0 aliphatic carbocycles. The van der Waals surface area contributed by atoms with Crippen LogP contribution in [0.1, 0.15) is 43.6 Å². The molecule has 44 heavy (non-hydrogen) atoms. The Balaban J connectivity index is 1.58. The predicted molar refractivity (Wildman–Crippen MR) is 159 cm³/mol. The lowest BCUT2D eigenvalue weighted by Gasteiger charge is -2.44. The number of anilines is 3. The molecule has 2 aliphatic rings. The Morgan fingerprint density at radius 1 is 1.02 bits per heavy atom. The van der Waals surface area contributed by atoms with Gasteiger partial charge in [0.2, 0.25) is 11.5 Å². The number of morpholine rings is 1. The normalized spacial score (nSPS) is 23.1. The molecule has 0 unspecified atom stereocenters. The first-order valence-electron chi connectivity index (χ1n) is 14.4. The molecule has 4 atom stereocenters. The molecule has 0 saturated carbocycles. The Morgan fingerprint density at radius 3 is 2.32 bits per heavy atom. The molecule has 0 bridgehead atoms. The van der Waals surface area contributed by atoms with Gasteiger partial charge in [-0.05, 0) is 52.9 Å². The highest BCUT2D eigenvalue weighted by atomic mass is 19.4. The highest BCUT2D eigenvalue weighted by Gasteiger charge is 2.36. The molecule has 2 fully saturated rings. The van der Waals surface area contributed by atoms with E-state index in [1.54, 1.807) is 0 Å². The molecule has 236 valence electrons. The van der Waals surface area contributed by atoms with Gasteiger partial charge in [0.25, 0.3) is 5.91 Å². The van der Waals surface area contributed by atoms with Crippen LogP contribution in [0.15, 0.2) is 41.5 Å². The Bertz CT molecular complexity index is 1580. The minimum Gasteiger partial charge on any atom is -0.372 e. The van der Waals surface area contributed by atoms with Crippen LogP contribution in [0.2, 0.25) is 0 Å². The second-order valence-corrected chi connectivity index (χ2v) is 11.6. The number of benzene rings is 1. The van der Waals surface area contributed by atoms with Gasteiger partial charge in [0.05, 0.1) is 40.4 Å². The third-order valence-electron chi connectivity index (χ3n) is 8.13. The molecular formula is C30H35F4N7O3. The second kappa shape index (κ2) is 12.2. The number of hydrogen-bond acceptors (Lipinski definition) is 8. The second-order valence-electron chi connectivity index (χ2n) is 11.6. The van der Waals surface area contributed by atoms with Crippen molar-refractivity contribution in [3.05, 3.63) is 64.0 Å². The van der Waals surface area contributed by atoms with Gasteiger partial charge in [-0.3, -0.25) is 14.5 Å². The van der Waals surface area contributed by atoms with Crippen LogP contribution >= 0.6 is 0 Å². The van der Waals surface area contributed by atoms with Crippen molar-refractivity contribution in [1.29, 1.82) is 0 Å². The number of aromatic nitrogens is 3. The number of amides is 1. The maximum atomic E-state index is 15.9. The number of carbonyl (C=O) groups is 1. The number of nitrogens with one attached hydrogen (secondary N) is 2. The topological polar surface area (TPSA) is 107 Å². The summed E-state index contributed by atoms with van der Waals surface area (Å²) >= 11 is 0. The molecule has 5 rings (SSSR count). The summed E-state index contributed by atoms with van der Waals surface area (Å²) in [6, 6.07) is 4.67. The van der Waals surface area contributed by atoms with Crippen molar-refractivity contribution in [3.63, 3.8) is 0 Å². The predicted octanol–water partition coefficient (Wildman–Crippen LogP) is 4.38. The van der Waals surface area contributed by atoms with Crippen LogP contribution < -0.4 is 20.7 Å². The van der Waals surface area contributed by atoms with Crippen molar-refractivity contribution in [2.75, 3.05) is 48.3 Å². The number of carbonyl (C=O) groups excluding carboxylic acids is 1. The lowest BCUT2D eigenvalue weighted by molar-refractivity contribution is -0.138. The summed E-state index contributed by atoms with van der Waals surface area (Å²) < 4.78 is 63.1. The molecular weight excluding hydrogens is 582 g/mol. The van der Waals surface area contributed by atoms with Crippen molar-refractivity contribution in [2.45, 2.75) is 58.2 Å². The van der Waals surface area contributed by atoms with E-state index in [1.165, 1.54) is 24.4 Å². The number of likely N-dealkylation sites (N-methyl/N-ethyl adjacent to an activating group) is 1. The Labute approximate surface area is 252 Å². The van der Waals surface area contributed by atoms with E-state index in [1.807, 2.05) is 44.5 Å².